The molecule has 0 radical (unpaired) electrons. The van der Waals surface area contributed by atoms with Crippen molar-refractivity contribution in [1.29, 1.82) is 0 Å². The number of aliphatic hydroxyl groups is 2. The number of nitrogens with one attached hydrogen (secondary N) is 1. The molecule has 0 bridgehead atoms. The SMILES string of the molecule is CCCCCC/C=C\CCC(O)C(=O)NC(CS(=O)(=O)O)C(O)/C=C/CC/C=C/CCCCCCCCCCCCCCCCC. The van der Waals surface area contributed by atoms with E-state index in [2.05, 4.69) is 31.3 Å². The Morgan fingerprint density at radius 3 is 1.46 bits per heavy atom. The molecule has 8 heteroatoms. The van der Waals surface area contributed by atoms with E-state index in [0.717, 1.165) is 25.7 Å². The molecule has 0 saturated carbocycles. The molecule has 3 unspecified atom stereocenters. The third-order valence-electron chi connectivity index (χ3n) is 8.40. The summed E-state index contributed by atoms with van der Waals surface area (Å²) in [5, 5.41) is 23.1. The summed E-state index contributed by atoms with van der Waals surface area (Å²) in [4.78, 5) is 12.4. The number of aliphatic hydroxyl groups excluding tert-OH is 2. The molecule has 0 aromatic rings. The van der Waals surface area contributed by atoms with Crippen molar-refractivity contribution in [1.82, 2.24) is 5.32 Å². The minimum atomic E-state index is -4.45. The molecule has 0 rings (SSSR count). The van der Waals surface area contributed by atoms with Crippen LogP contribution < -0.4 is 5.32 Å². The summed E-state index contributed by atoms with van der Waals surface area (Å²) < 4.78 is 32.3. The standard InChI is InChI=1S/C38H71NO6S/c1-3-5-7-9-11-13-14-15-16-17-18-19-20-21-22-23-24-25-27-28-30-32-36(40)35(34-46(43,44)45)39-38(42)37(41)33-31-29-26-12-10-8-6-4-2/h24-26,29-30,32,35-37,40-41H,3-23,27-28,31,33-34H2,1-2H3,(H,39,42)(H,43,44,45)/b25-24+,29-26-,32-30+. The summed E-state index contributed by atoms with van der Waals surface area (Å²) in [6.45, 7) is 4.44. The fraction of sp³-hybridized carbons (Fsp3) is 0.816. The molecular weight excluding hydrogens is 598 g/mol. The van der Waals surface area contributed by atoms with E-state index < -0.39 is 40.0 Å². The number of amides is 1. The van der Waals surface area contributed by atoms with Crippen molar-refractivity contribution in [3.8, 4) is 0 Å². The average Bonchev–Trinajstić information content (AvgIpc) is 3.01. The third kappa shape index (κ3) is 31.1. The van der Waals surface area contributed by atoms with Crippen LogP contribution >= 0.6 is 0 Å². The van der Waals surface area contributed by atoms with Gasteiger partial charge in [-0.05, 0) is 51.4 Å². The molecule has 0 saturated heterocycles. The molecule has 0 aromatic carbocycles. The molecule has 1 amide bonds. The van der Waals surface area contributed by atoms with Crippen molar-refractivity contribution in [2.45, 2.75) is 193 Å². The first-order valence-electron chi connectivity index (χ1n) is 18.8. The van der Waals surface area contributed by atoms with E-state index in [1.54, 1.807) is 6.08 Å². The van der Waals surface area contributed by atoms with Crippen LogP contribution in [0, 0.1) is 0 Å². The largest absolute Gasteiger partial charge is 0.387 e. The molecule has 0 fully saturated rings. The molecule has 46 heavy (non-hydrogen) atoms. The highest BCUT2D eigenvalue weighted by Crippen LogP contribution is 2.14. The zero-order valence-corrected chi connectivity index (χ0v) is 30.4. The summed E-state index contributed by atoms with van der Waals surface area (Å²) in [6, 6.07) is -1.26. The summed E-state index contributed by atoms with van der Waals surface area (Å²) in [5.41, 5.74) is 0. The number of rotatable bonds is 33. The van der Waals surface area contributed by atoms with Gasteiger partial charge < -0.3 is 15.5 Å². The number of hydrogen-bond donors (Lipinski definition) is 4. The Hall–Kier alpha value is -1.48. The van der Waals surface area contributed by atoms with Gasteiger partial charge in [0.15, 0.2) is 0 Å². The quantitative estimate of drug-likeness (QED) is 0.0313. The van der Waals surface area contributed by atoms with Crippen molar-refractivity contribution >= 4 is 16.0 Å². The first-order valence-corrected chi connectivity index (χ1v) is 20.4. The second-order valence-corrected chi connectivity index (χ2v) is 14.5. The third-order valence-corrected chi connectivity index (χ3v) is 9.19. The highest BCUT2D eigenvalue weighted by Gasteiger charge is 2.27. The summed E-state index contributed by atoms with van der Waals surface area (Å²) in [7, 11) is -4.45. The predicted octanol–water partition coefficient (Wildman–Crippen LogP) is 9.54. The van der Waals surface area contributed by atoms with Gasteiger partial charge in [0.05, 0.1) is 17.9 Å². The maximum Gasteiger partial charge on any atom is 0.267 e. The molecule has 270 valence electrons. The van der Waals surface area contributed by atoms with Gasteiger partial charge in [-0.1, -0.05) is 159 Å². The fourth-order valence-electron chi connectivity index (χ4n) is 5.47. The monoisotopic (exact) mass is 670 g/mol. The van der Waals surface area contributed by atoms with E-state index in [1.807, 2.05) is 12.2 Å². The number of unbranched alkanes of at least 4 members (excludes halogenated alkanes) is 20. The lowest BCUT2D eigenvalue weighted by Gasteiger charge is -2.22. The Bertz CT molecular complexity index is 886. The minimum Gasteiger partial charge on any atom is -0.387 e. The normalized spacial score (nSPS) is 14.5. The van der Waals surface area contributed by atoms with Gasteiger partial charge >= 0.3 is 0 Å². The molecule has 0 aliphatic rings. The van der Waals surface area contributed by atoms with Crippen LogP contribution in [0.4, 0.5) is 0 Å². The highest BCUT2D eigenvalue weighted by molar-refractivity contribution is 7.85. The maximum atomic E-state index is 12.4. The molecule has 0 aliphatic carbocycles. The summed E-state index contributed by atoms with van der Waals surface area (Å²) in [6.07, 6.45) is 38.1. The topological polar surface area (TPSA) is 124 Å². The maximum absolute atomic E-state index is 12.4. The zero-order valence-electron chi connectivity index (χ0n) is 29.6. The first-order chi connectivity index (χ1) is 22.2. The van der Waals surface area contributed by atoms with E-state index in [9.17, 15) is 28.0 Å². The second-order valence-electron chi connectivity index (χ2n) is 13.0. The van der Waals surface area contributed by atoms with E-state index in [-0.39, 0.29) is 6.42 Å². The number of allylic oxidation sites excluding steroid dienone is 5. The van der Waals surface area contributed by atoms with Crippen LogP contribution in [0.15, 0.2) is 36.5 Å². The van der Waals surface area contributed by atoms with Gasteiger partial charge in [0.1, 0.15) is 6.10 Å². The van der Waals surface area contributed by atoms with E-state index in [1.165, 1.54) is 122 Å². The predicted molar refractivity (Wildman–Crippen MR) is 195 cm³/mol. The second kappa shape index (κ2) is 32.1. The molecule has 4 N–H and O–H groups in total. The Kier molecular flexibility index (Phi) is 31.1. The first kappa shape index (κ1) is 44.5. The summed E-state index contributed by atoms with van der Waals surface area (Å²) >= 11 is 0. The van der Waals surface area contributed by atoms with E-state index in [4.69, 9.17) is 0 Å². The van der Waals surface area contributed by atoms with Gasteiger partial charge in [-0.3, -0.25) is 9.35 Å². The lowest BCUT2D eigenvalue weighted by Crippen LogP contribution is -2.50. The molecule has 7 nitrogen and oxygen atoms in total. The van der Waals surface area contributed by atoms with Crippen molar-refractivity contribution in [3.05, 3.63) is 36.5 Å². The van der Waals surface area contributed by atoms with E-state index >= 15 is 0 Å². The summed E-state index contributed by atoms with van der Waals surface area (Å²) in [5.74, 6) is -1.60. The number of hydrogen-bond acceptors (Lipinski definition) is 5. The number of carbonyl (C=O) groups is 1. The van der Waals surface area contributed by atoms with Gasteiger partial charge in [0, 0.05) is 0 Å². The van der Waals surface area contributed by atoms with Crippen molar-refractivity contribution in [3.63, 3.8) is 0 Å². The highest BCUT2D eigenvalue weighted by atomic mass is 32.2. The van der Waals surface area contributed by atoms with Crippen LogP contribution in [-0.2, 0) is 14.9 Å². The van der Waals surface area contributed by atoms with Crippen LogP contribution in [-0.4, -0.2) is 53.1 Å². The fourth-order valence-corrected chi connectivity index (χ4v) is 6.21. The average molecular weight is 670 g/mol. The van der Waals surface area contributed by atoms with Gasteiger partial charge in [-0.15, -0.1) is 0 Å². The lowest BCUT2D eigenvalue weighted by atomic mass is 10.0. The van der Waals surface area contributed by atoms with Crippen LogP contribution in [0.3, 0.4) is 0 Å². The molecule has 0 spiro atoms. The van der Waals surface area contributed by atoms with E-state index in [0.29, 0.717) is 12.8 Å². The van der Waals surface area contributed by atoms with Gasteiger partial charge in [-0.2, -0.15) is 8.42 Å². The van der Waals surface area contributed by atoms with Crippen molar-refractivity contribution < 1.29 is 28.0 Å². The Balaban J connectivity index is 4.08. The molecule has 0 aliphatic heterocycles. The molecule has 3 atom stereocenters. The Morgan fingerprint density at radius 2 is 0.978 bits per heavy atom. The van der Waals surface area contributed by atoms with Crippen molar-refractivity contribution in [2.75, 3.05) is 5.75 Å². The molecule has 0 aromatic heterocycles. The minimum absolute atomic E-state index is 0.188. The number of carbonyl (C=O) groups excluding carboxylic acids is 1. The van der Waals surface area contributed by atoms with Crippen LogP contribution in [0.5, 0.6) is 0 Å². The van der Waals surface area contributed by atoms with Crippen LogP contribution in [0.25, 0.3) is 0 Å². The van der Waals surface area contributed by atoms with Crippen LogP contribution in [0.1, 0.15) is 174 Å². The van der Waals surface area contributed by atoms with Gasteiger partial charge in [0.2, 0.25) is 5.91 Å². The molecular formula is C38H71NO6S. The molecule has 0 heterocycles. The lowest BCUT2D eigenvalue weighted by molar-refractivity contribution is -0.130. The zero-order chi connectivity index (χ0) is 34.1. The van der Waals surface area contributed by atoms with Crippen molar-refractivity contribution in [2.24, 2.45) is 0 Å². The Morgan fingerprint density at radius 1 is 0.587 bits per heavy atom. The smallest absolute Gasteiger partial charge is 0.267 e. The Labute approximate surface area is 283 Å². The van der Waals surface area contributed by atoms with Crippen LogP contribution in [0.2, 0.25) is 0 Å². The van der Waals surface area contributed by atoms with Gasteiger partial charge in [-0.25, -0.2) is 0 Å². The van der Waals surface area contributed by atoms with Gasteiger partial charge in [0.25, 0.3) is 10.1 Å².